The zero-order valence-electron chi connectivity index (χ0n) is 9.31. The standard InChI is InChI=1S/C11H10N4O3/c12-5-8-6-13-11(14-7-8)18-10-4-2-1-3-9(10)15(16)17/h1-4,6-7H,5,12H2. The molecule has 0 unspecified atom stereocenters. The van der Waals surface area contributed by atoms with Gasteiger partial charge in [-0.15, -0.1) is 0 Å². The summed E-state index contributed by atoms with van der Waals surface area (Å²) < 4.78 is 5.27. The fraction of sp³-hybridized carbons (Fsp3) is 0.0909. The minimum atomic E-state index is -0.524. The van der Waals surface area contributed by atoms with Gasteiger partial charge in [0.15, 0.2) is 0 Å². The number of aromatic nitrogens is 2. The van der Waals surface area contributed by atoms with Crippen LogP contribution in [0.1, 0.15) is 5.56 Å². The topological polar surface area (TPSA) is 104 Å². The summed E-state index contributed by atoms with van der Waals surface area (Å²) >= 11 is 0. The van der Waals surface area contributed by atoms with E-state index in [1.54, 1.807) is 12.1 Å². The van der Waals surface area contributed by atoms with Gasteiger partial charge in [0.25, 0.3) is 0 Å². The first-order valence-corrected chi connectivity index (χ1v) is 5.13. The van der Waals surface area contributed by atoms with Crippen molar-refractivity contribution in [1.82, 2.24) is 9.97 Å². The molecule has 7 nitrogen and oxygen atoms in total. The third kappa shape index (κ3) is 2.58. The molecule has 0 saturated carbocycles. The number of nitro groups is 1. The van der Waals surface area contributed by atoms with Crippen LogP contribution in [-0.4, -0.2) is 14.9 Å². The highest BCUT2D eigenvalue weighted by molar-refractivity contribution is 5.46. The molecule has 0 radical (unpaired) electrons. The Morgan fingerprint density at radius 2 is 1.94 bits per heavy atom. The van der Waals surface area contributed by atoms with E-state index in [-0.39, 0.29) is 17.4 Å². The molecule has 0 aliphatic heterocycles. The zero-order valence-corrected chi connectivity index (χ0v) is 9.31. The number of hydrogen-bond donors (Lipinski definition) is 1. The van der Waals surface area contributed by atoms with Crippen LogP contribution in [0, 0.1) is 10.1 Å². The van der Waals surface area contributed by atoms with E-state index < -0.39 is 4.92 Å². The number of para-hydroxylation sites is 2. The van der Waals surface area contributed by atoms with Crippen LogP contribution < -0.4 is 10.5 Å². The van der Waals surface area contributed by atoms with Crippen LogP contribution in [0.3, 0.4) is 0 Å². The quantitative estimate of drug-likeness (QED) is 0.649. The van der Waals surface area contributed by atoms with Gasteiger partial charge >= 0.3 is 11.7 Å². The predicted octanol–water partition coefficient (Wildman–Crippen LogP) is 1.64. The van der Waals surface area contributed by atoms with Crippen molar-refractivity contribution in [3.8, 4) is 11.8 Å². The lowest BCUT2D eigenvalue weighted by molar-refractivity contribution is -0.385. The summed E-state index contributed by atoms with van der Waals surface area (Å²) in [5.41, 5.74) is 6.03. The molecule has 0 amide bonds. The Morgan fingerprint density at radius 3 is 2.56 bits per heavy atom. The van der Waals surface area contributed by atoms with Gasteiger partial charge in [0.2, 0.25) is 5.75 Å². The van der Waals surface area contributed by atoms with Gasteiger partial charge in [-0.2, -0.15) is 0 Å². The monoisotopic (exact) mass is 246 g/mol. The fourth-order valence-corrected chi connectivity index (χ4v) is 1.29. The number of ether oxygens (including phenoxy) is 1. The van der Waals surface area contributed by atoms with E-state index in [0.717, 1.165) is 5.56 Å². The average molecular weight is 246 g/mol. The Labute approximate surface area is 102 Å². The second-order valence-corrected chi connectivity index (χ2v) is 3.40. The predicted molar refractivity (Wildman–Crippen MR) is 63.1 cm³/mol. The van der Waals surface area contributed by atoms with Crippen LogP contribution in [0.5, 0.6) is 11.8 Å². The van der Waals surface area contributed by atoms with Crippen LogP contribution in [0.15, 0.2) is 36.7 Å². The van der Waals surface area contributed by atoms with Crippen LogP contribution in [0.4, 0.5) is 5.69 Å². The largest absolute Gasteiger partial charge is 0.417 e. The molecule has 18 heavy (non-hydrogen) atoms. The van der Waals surface area contributed by atoms with Crippen molar-refractivity contribution < 1.29 is 9.66 Å². The van der Waals surface area contributed by atoms with E-state index in [0.29, 0.717) is 6.54 Å². The molecule has 0 spiro atoms. The fourth-order valence-electron chi connectivity index (χ4n) is 1.29. The van der Waals surface area contributed by atoms with E-state index in [1.807, 2.05) is 0 Å². The number of nitrogens with zero attached hydrogens (tertiary/aromatic N) is 3. The minimum Gasteiger partial charge on any atom is -0.417 e. The Hall–Kier alpha value is -2.54. The lowest BCUT2D eigenvalue weighted by Gasteiger charge is -2.04. The maximum Gasteiger partial charge on any atom is 0.322 e. The second kappa shape index (κ2) is 5.19. The van der Waals surface area contributed by atoms with Crippen LogP contribution in [0.25, 0.3) is 0 Å². The first-order valence-electron chi connectivity index (χ1n) is 5.13. The lowest BCUT2D eigenvalue weighted by Crippen LogP contribution is -2.00. The van der Waals surface area contributed by atoms with Crippen molar-refractivity contribution >= 4 is 5.69 Å². The first-order chi connectivity index (χ1) is 8.70. The van der Waals surface area contributed by atoms with Crippen LogP contribution >= 0.6 is 0 Å². The molecule has 0 aliphatic carbocycles. The van der Waals surface area contributed by atoms with Gasteiger partial charge in [-0.05, 0) is 6.07 Å². The lowest BCUT2D eigenvalue weighted by atomic mass is 10.3. The molecule has 2 N–H and O–H groups in total. The summed E-state index contributed by atoms with van der Waals surface area (Å²) in [6.07, 6.45) is 3.02. The Morgan fingerprint density at radius 1 is 1.28 bits per heavy atom. The summed E-state index contributed by atoms with van der Waals surface area (Å²) in [5, 5.41) is 10.8. The molecule has 2 aromatic rings. The SMILES string of the molecule is NCc1cnc(Oc2ccccc2[N+](=O)[O-])nc1. The summed E-state index contributed by atoms with van der Waals surface area (Å²) in [7, 11) is 0. The molecule has 92 valence electrons. The van der Waals surface area contributed by atoms with Crippen molar-refractivity contribution in [1.29, 1.82) is 0 Å². The van der Waals surface area contributed by atoms with Gasteiger partial charge in [-0.25, -0.2) is 9.97 Å². The smallest absolute Gasteiger partial charge is 0.322 e. The molecule has 7 heteroatoms. The third-order valence-electron chi connectivity index (χ3n) is 2.18. The number of nitrogens with two attached hydrogens (primary N) is 1. The normalized spacial score (nSPS) is 10.1. The van der Waals surface area contributed by atoms with Crippen LogP contribution in [-0.2, 0) is 6.54 Å². The summed E-state index contributed by atoms with van der Waals surface area (Å²) in [6, 6.07) is 6.07. The van der Waals surface area contributed by atoms with Gasteiger partial charge in [0, 0.05) is 30.6 Å². The van der Waals surface area contributed by atoms with Crippen molar-refractivity contribution in [3.05, 3.63) is 52.3 Å². The highest BCUT2D eigenvalue weighted by Gasteiger charge is 2.15. The number of rotatable bonds is 4. The van der Waals surface area contributed by atoms with Crippen molar-refractivity contribution in [2.75, 3.05) is 0 Å². The van der Waals surface area contributed by atoms with Crippen molar-refractivity contribution in [3.63, 3.8) is 0 Å². The molecule has 1 heterocycles. The number of benzene rings is 1. The van der Waals surface area contributed by atoms with E-state index in [2.05, 4.69) is 9.97 Å². The molecule has 0 fully saturated rings. The molecule has 0 saturated heterocycles. The molecule has 0 bridgehead atoms. The molecular formula is C11H10N4O3. The van der Waals surface area contributed by atoms with Gasteiger partial charge in [-0.1, -0.05) is 12.1 Å². The molecule has 0 atom stereocenters. The molecule has 1 aromatic heterocycles. The molecule has 0 aliphatic rings. The average Bonchev–Trinajstić information content (AvgIpc) is 2.40. The third-order valence-corrected chi connectivity index (χ3v) is 2.18. The maximum absolute atomic E-state index is 10.8. The summed E-state index contributed by atoms with van der Waals surface area (Å²) in [5.74, 6) is 0.1000. The highest BCUT2D eigenvalue weighted by atomic mass is 16.6. The number of nitro benzene ring substituents is 1. The summed E-state index contributed by atoms with van der Waals surface area (Å²) in [4.78, 5) is 18.1. The minimum absolute atomic E-state index is 0.0431. The van der Waals surface area contributed by atoms with Crippen molar-refractivity contribution in [2.24, 2.45) is 5.73 Å². The van der Waals surface area contributed by atoms with Gasteiger partial charge < -0.3 is 10.5 Å². The van der Waals surface area contributed by atoms with Gasteiger partial charge in [0.05, 0.1) is 4.92 Å². The van der Waals surface area contributed by atoms with Crippen molar-refractivity contribution in [2.45, 2.75) is 6.54 Å². The Kier molecular flexibility index (Phi) is 3.44. The first kappa shape index (κ1) is 11.9. The molecule has 2 rings (SSSR count). The summed E-state index contributed by atoms with van der Waals surface area (Å²) in [6.45, 7) is 0.325. The Bertz CT molecular complexity index is 556. The van der Waals surface area contributed by atoms with E-state index >= 15 is 0 Å². The molecular weight excluding hydrogens is 236 g/mol. The number of hydrogen-bond acceptors (Lipinski definition) is 6. The maximum atomic E-state index is 10.8. The Balaban J connectivity index is 2.25. The van der Waals surface area contributed by atoms with Crippen LogP contribution in [0.2, 0.25) is 0 Å². The van der Waals surface area contributed by atoms with E-state index in [4.69, 9.17) is 10.5 Å². The highest BCUT2D eigenvalue weighted by Crippen LogP contribution is 2.28. The second-order valence-electron chi connectivity index (χ2n) is 3.40. The van der Waals surface area contributed by atoms with E-state index in [1.165, 1.54) is 24.5 Å². The molecule has 1 aromatic carbocycles. The van der Waals surface area contributed by atoms with Gasteiger partial charge in [0.1, 0.15) is 0 Å². The zero-order chi connectivity index (χ0) is 13.0. The van der Waals surface area contributed by atoms with Gasteiger partial charge in [-0.3, -0.25) is 10.1 Å². The van der Waals surface area contributed by atoms with E-state index in [9.17, 15) is 10.1 Å².